The molecule has 136 valence electrons. The van der Waals surface area contributed by atoms with E-state index in [1.807, 2.05) is 59.5 Å². The molecule has 2 N–H and O–H groups in total. The van der Waals surface area contributed by atoms with E-state index in [0.29, 0.717) is 25.5 Å². The molecule has 0 spiro atoms. The lowest BCUT2D eigenvalue weighted by molar-refractivity contribution is -0.117. The number of hydrogen-bond donors (Lipinski definition) is 2. The van der Waals surface area contributed by atoms with Gasteiger partial charge in [-0.2, -0.15) is 0 Å². The van der Waals surface area contributed by atoms with Gasteiger partial charge in [-0.05, 0) is 29.8 Å². The van der Waals surface area contributed by atoms with E-state index in [0.717, 1.165) is 17.0 Å². The predicted octanol–water partition coefficient (Wildman–Crippen LogP) is 2.17. The van der Waals surface area contributed by atoms with Crippen molar-refractivity contribution in [2.45, 2.75) is 19.0 Å². The maximum Gasteiger partial charge on any atom is 0.229 e. The third-order valence-electron chi connectivity index (χ3n) is 4.38. The standard InChI is InChI=1S/C20H24N4O2/c1-21-20(22-13-15-8-10-18(26-2)11-9-15)23-16-12-19(25)24(14-16)17-6-4-3-5-7-17/h3-11,16H,12-14H2,1-2H3,(H2,21,22,23). The number of benzene rings is 2. The lowest BCUT2D eigenvalue weighted by atomic mass is 10.2. The Labute approximate surface area is 153 Å². The van der Waals surface area contributed by atoms with Crippen LogP contribution in [0.3, 0.4) is 0 Å². The maximum atomic E-state index is 12.3. The Balaban J connectivity index is 1.54. The Hall–Kier alpha value is -3.02. The summed E-state index contributed by atoms with van der Waals surface area (Å²) in [5, 5.41) is 6.63. The molecule has 0 bridgehead atoms. The minimum Gasteiger partial charge on any atom is -0.497 e. The average Bonchev–Trinajstić information content (AvgIpc) is 3.06. The summed E-state index contributed by atoms with van der Waals surface area (Å²) in [7, 11) is 3.38. The number of carbonyl (C=O) groups is 1. The van der Waals surface area contributed by atoms with E-state index in [9.17, 15) is 4.79 Å². The number of methoxy groups -OCH3 is 1. The molecule has 2 aromatic rings. The first kappa shape index (κ1) is 17.8. The van der Waals surface area contributed by atoms with Crippen molar-refractivity contribution in [3.63, 3.8) is 0 Å². The number of nitrogens with one attached hydrogen (secondary N) is 2. The molecule has 1 aliphatic rings. The van der Waals surface area contributed by atoms with Gasteiger partial charge in [0.25, 0.3) is 0 Å². The van der Waals surface area contributed by atoms with E-state index >= 15 is 0 Å². The van der Waals surface area contributed by atoms with Crippen LogP contribution in [-0.4, -0.2) is 38.6 Å². The number of aliphatic imine (C=N–C) groups is 1. The smallest absolute Gasteiger partial charge is 0.229 e. The van der Waals surface area contributed by atoms with Gasteiger partial charge in [0.05, 0.1) is 13.2 Å². The lowest BCUT2D eigenvalue weighted by Gasteiger charge is -2.19. The van der Waals surface area contributed by atoms with Crippen molar-refractivity contribution in [1.82, 2.24) is 10.6 Å². The fourth-order valence-electron chi connectivity index (χ4n) is 2.98. The lowest BCUT2D eigenvalue weighted by Crippen LogP contribution is -2.44. The van der Waals surface area contributed by atoms with Crippen molar-refractivity contribution in [3.05, 3.63) is 60.2 Å². The van der Waals surface area contributed by atoms with Crippen molar-refractivity contribution in [2.24, 2.45) is 4.99 Å². The molecule has 1 saturated heterocycles. The number of ether oxygens (including phenoxy) is 1. The summed E-state index contributed by atoms with van der Waals surface area (Å²) in [5.41, 5.74) is 2.06. The SMILES string of the molecule is CN=C(NCc1ccc(OC)cc1)NC1CC(=O)N(c2ccccc2)C1. The molecule has 1 atom stereocenters. The summed E-state index contributed by atoms with van der Waals surface area (Å²) < 4.78 is 5.17. The number of anilines is 1. The Bertz CT molecular complexity index is 759. The molecule has 0 aromatic heterocycles. The highest BCUT2D eigenvalue weighted by atomic mass is 16.5. The van der Waals surface area contributed by atoms with Crippen molar-refractivity contribution < 1.29 is 9.53 Å². The fourth-order valence-corrected chi connectivity index (χ4v) is 2.98. The predicted molar refractivity (Wildman–Crippen MR) is 104 cm³/mol. The molecule has 3 rings (SSSR count). The number of rotatable bonds is 5. The van der Waals surface area contributed by atoms with Crippen LogP contribution >= 0.6 is 0 Å². The van der Waals surface area contributed by atoms with Gasteiger partial charge in [0.15, 0.2) is 5.96 Å². The third kappa shape index (κ3) is 4.33. The van der Waals surface area contributed by atoms with Crippen LogP contribution in [0.25, 0.3) is 0 Å². The van der Waals surface area contributed by atoms with Crippen molar-refractivity contribution in [3.8, 4) is 5.75 Å². The largest absolute Gasteiger partial charge is 0.497 e. The summed E-state index contributed by atoms with van der Waals surface area (Å²) in [6.45, 7) is 1.28. The second kappa shape index (κ2) is 8.38. The quantitative estimate of drug-likeness (QED) is 0.639. The van der Waals surface area contributed by atoms with E-state index in [-0.39, 0.29) is 11.9 Å². The number of para-hydroxylation sites is 1. The van der Waals surface area contributed by atoms with Gasteiger partial charge in [-0.1, -0.05) is 30.3 Å². The van der Waals surface area contributed by atoms with Gasteiger partial charge in [-0.25, -0.2) is 0 Å². The number of carbonyl (C=O) groups excluding carboxylic acids is 1. The monoisotopic (exact) mass is 352 g/mol. The first-order valence-electron chi connectivity index (χ1n) is 8.65. The van der Waals surface area contributed by atoms with E-state index in [2.05, 4.69) is 15.6 Å². The molecule has 6 heteroatoms. The van der Waals surface area contributed by atoms with Gasteiger partial charge < -0.3 is 20.3 Å². The van der Waals surface area contributed by atoms with E-state index in [1.54, 1.807) is 14.2 Å². The van der Waals surface area contributed by atoms with Crippen LogP contribution in [0.1, 0.15) is 12.0 Å². The van der Waals surface area contributed by atoms with Gasteiger partial charge >= 0.3 is 0 Å². The topological polar surface area (TPSA) is 66.0 Å². The van der Waals surface area contributed by atoms with Crippen LogP contribution in [-0.2, 0) is 11.3 Å². The summed E-state index contributed by atoms with van der Waals surface area (Å²) >= 11 is 0. The molecular formula is C20H24N4O2. The number of hydrogen-bond acceptors (Lipinski definition) is 3. The van der Waals surface area contributed by atoms with Crippen LogP contribution < -0.4 is 20.3 Å². The van der Waals surface area contributed by atoms with E-state index < -0.39 is 0 Å². The zero-order valence-corrected chi connectivity index (χ0v) is 15.1. The average molecular weight is 352 g/mol. The fraction of sp³-hybridized carbons (Fsp3) is 0.300. The molecule has 1 aliphatic heterocycles. The highest BCUT2D eigenvalue weighted by Gasteiger charge is 2.30. The van der Waals surface area contributed by atoms with Crippen LogP contribution in [0.4, 0.5) is 5.69 Å². The molecular weight excluding hydrogens is 328 g/mol. The van der Waals surface area contributed by atoms with E-state index in [1.165, 1.54) is 0 Å². The molecule has 0 saturated carbocycles. The van der Waals surface area contributed by atoms with Crippen LogP contribution in [0.5, 0.6) is 5.75 Å². The van der Waals surface area contributed by atoms with Crippen molar-refractivity contribution in [1.29, 1.82) is 0 Å². The molecule has 0 aliphatic carbocycles. The normalized spacial score (nSPS) is 17.3. The molecule has 26 heavy (non-hydrogen) atoms. The third-order valence-corrected chi connectivity index (χ3v) is 4.38. The van der Waals surface area contributed by atoms with Gasteiger partial charge in [-0.3, -0.25) is 9.79 Å². The molecule has 6 nitrogen and oxygen atoms in total. The molecule has 1 fully saturated rings. The van der Waals surface area contributed by atoms with Crippen LogP contribution in [0.15, 0.2) is 59.6 Å². The second-order valence-electron chi connectivity index (χ2n) is 6.16. The van der Waals surface area contributed by atoms with Gasteiger partial charge in [0.1, 0.15) is 5.75 Å². The molecule has 2 aromatic carbocycles. The van der Waals surface area contributed by atoms with Crippen molar-refractivity contribution in [2.75, 3.05) is 25.6 Å². The van der Waals surface area contributed by atoms with Crippen LogP contribution in [0, 0.1) is 0 Å². The zero-order valence-electron chi connectivity index (χ0n) is 15.1. The molecule has 1 unspecified atom stereocenters. The summed E-state index contributed by atoms with van der Waals surface area (Å²) in [6.07, 6.45) is 0.456. The van der Waals surface area contributed by atoms with Crippen molar-refractivity contribution >= 4 is 17.6 Å². The zero-order chi connectivity index (χ0) is 18.4. The number of nitrogens with zero attached hydrogens (tertiary/aromatic N) is 2. The molecule has 1 heterocycles. The summed E-state index contributed by atoms with van der Waals surface area (Å²) in [6, 6.07) is 17.7. The first-order valence-corrected chi connectivity index (χ1v) is 8.65. The summed E-state index contributed by atoms with van der Waals surface area (Å²) in [4.78, 5) is 18.4. The highest BCUT2D eigenvalue weighted by Crippen LogP contribution is 2.21. The Morgan fingerprint density at radius 3 is 2.58 bits per heavy atom. The van der Waals surface area contributed by atoms with Gasteiger partial charge in [0.2, 0.25) is 5.91 Å². The minimum absolute atomic E-state index is 0.0322. The Morgan fingerprint density at radius 1 is 1.19 bits per heavy atom. The molecule has 1 amide bonds. The summed E-state index contributed by atoms with van der Waals surface area (Å²) in [5.74, 6) is 1.65. The minimum atomic E-state index is 0.0322. The van der Waals surface area contributed by atoms with E-state index in [4.69, 9.17) is 4.74 Å². The number of guanidine groups is 1. The maximum absolute atomic E-state index is 12.3. The van der Waals surface area contributed by atoms with Crippen LogP contribution in [0.2, 0.25) is 0 Å². The molecule has 0 radical (unpaired) electrons. The highest BCUT2D eigenvalue weighted by molar-refractivity contribution is 5.97. The van der Waals surface area contributed by atoms with Gasteiger partial charge in [0, 0.05) is 32.2 Å². The number of amides is 1. The van der Waals surface area contributed by atoms with Gasteiger partial charge in [-0.15, -0.1) is 0 Å². The first-order chi connectivity index (χ1) is 12.7. The Morgan fingerprint density at radius 2 is 1.92 bits per heavy atom. The Kier molecular flexibility index (Phi) is 5.73. The second-order valence-corrected chi connectivity index (χ2v) is 6.16.